The molecule has 0 saturated carbocycles. The predicted molar refractivity (Wildman–Crippen MR) is 77.6 cm³/mol. The van der Waals surface area contributed by atoms with Gasteiger partial charge in [0.1, 0.15) is 5.75 Å². The van der Waals surface area contributed by atoms with E-state index in [0.29, 0.717) is 0 Å². The van der Waals surface area contributed by atoms with E-state index in [1.165, 1.54) is 0 Å². The number of aliphatic hydroxyl groups is 1. The average molecular weight is 266 g/mol. The molecule has 3 heteroatoms. The molecular formula is C16H26O3. The Hall–Kier alpha value is -1.06. The van der Waals surface area contributed by atoms with Crippen molar-refractivity contribution in [2.45, 2.75) is 38.7 Å². The third kappa shape index (κ3) is 5.21. The van der Waals surface area contributed by atoms with Gasteiger partial charge >= 0.3 is 0 Å². The second kappa shape index (κ2) is 7.51. The maximum atomic E-state index is 9.54. The molecule has 0 heterocycles. The van der Waals surface area contributed by atoms with Crippen molar-refractivity contribution >= 4 is 0 Å². The van der Waals surface area contributed by atoms with Crippen LogP contribution in [0.4, 0.5) is 0 Å². The van der Waals surface area contributed by atoms with Gasteiger partial charge < -0.3 is 14.6 Å². The van der Waals surface area contributed by atoms with Gasteiger partial charge in [0.15, 0.2) is 0 Å². The van der Waals surface area contributed by atoms with Crippen LogP contribution in [0.1, 0.15) is 32.3 Å². The molecule has 1 atom stereocenters. The van der Waals surface area contributed by atoms with Crippen molar-refractivity contribution in [1.29, 1.82) is 0 Å². The van der Waals surface area contributed by atoms with E-state index in [1.807, 2.05) is 18.2 Å². The van der Waals surface area contributed by atoms with Crippen LogP contribution in [0.15, 0.2) is 24.3 Å². The number of rotatable bonds is 8. The molecule has 0 aromatic heterocycles. The van der Waals surface area contributed by atoms with E-state index < -0.39 is 0 Å². The van der Waals surface area contributed by atoms with Crippen LogP contribution < -0.4 is 4.74 Å². The van der Waals surface area contributed by atoms with E-state index in [1.54, 1.807) is 14.2 Å². The summed E-state index contributed by atoms with van der Waals surface area (Å²) in [5, 5.41) is 9.54. The van der Waals surface area contributed by atoms with Crippen LogP contribution in [0.25, 0.3) is 0 Å². The van der Waals surface area contributed by atoms with Gasteiger partial charge in [-0.2, -0.15) is 0 Å². The molecule has 1 N–H and O–H groups in total. The van der Waals surface area contributed by atoms with Gasteiger partial charge in [0.05, 0.1) is 12.7 Å². The SMILES string of the molecule is COc1ccccc1CC(CO)CCC(C)(C)OC. The molecule has 0 amide bonds. The van der Waals surface area contributed by atoms with Crippen molar-refractivity contribution in [3.05, 3.63) is 29.8 Å². The Morgan fingerprint density at radius 3 is 2.47 bits per heavy atom. The Kier molecular flexibility index (Phi) is 6.32. The first-order chi connectivity index (χ1) is 9.02. The number of ether oxygens (including phenoxy) is 2. The number of methoxy groups -OCH3 is 2. The van der Waals surface area contributed by atoms with Gasteiger partial charge in [-0.1, -0.05) is 18.2 Å². The van der Waals surface area contributed by atoms with E-state index in [-0.39, 0.29) is 18.1 Å². The van der Waals surface area contributed by atoms with Crippen molar-refractivity contribution in [3.8, 4) is 5.75 Å². The van der Waals surface area contributed by atoms with Crippen LogP contribution in [0.2, 0.25) is 0 Å². The fourth-order valence-electron chi connectivity index (χ4n) is 2.09. The minimum Gasteiger partial charge on any atom is -0.496 e. The summed E-state index contributed by atoms with van der Waals surface area (Å²) < 4.78 is 10.8. The lowest BCUT2D eigenvalue weighted by Gasteiger charge is -2.25. The first-order valence-electron chi connectivity index (χ1n) is 6.80. The summed E-state index contributed by atoms with van der Waals surface area (Å²) in [5.41, 5.74) is 1.02. The van der Waals surface area contributed by atoms with Crippen LogP contribution in [0.3, 0.4) is 0 Å². The second-order valence-corrected chi connectivity index (χ2v) is 5.57. The third-order valence-corrected chi connectivity index (χ3v) is 3.67. The molecule has 0 saturated heterocycles. The summed E-state index contributed by atoms with van der Waals surface area (Å²) >= 11 is 0. The average Bonchev–Trinajstić information content (AvgIpc) is 2.43. The Labute approximate surface area is 116 Å². The lowest BCUT2D eigenvalue weighted by molar-refractivity contribution is 0.00825. The fourth-order valence-corrected chi connectivity index (χ4v) is 2.09. The summed E-state index contributed by atoms with van der Waals surface area (Å²) in [6, 6.07) is 7.99. The second-order valence-electron chi connectivity index (χ2n) is 5.57. The molecule has 0 bridgehead atoms. The van der Waals surface area contributed by atoms with Gasteiger partial charge in [-0.15, -0.1) is 0 Å². The quantitative estimate of drug-likeness (QED) is 0.786. The maximum absolute atomic E-state index is 9.54. The lowest BCUT2D eigenvalue weighted by atomic mass is 9.90. The Morgan fingerprint density at radius 2 is 1.89 bits per heavy atom. The van der Waals surface area contributed by atoms with Crippen LogP contribution in [0.5, 0.6) is 5.75 Å². The number of benzene rings is 1. The Balaban J connectivity index is 2.61. The highest BCUT2D eigenvalue weighted by atomic mass is 16.5. The van der Waals surface area contributed by atoms with Gasteiger partial charge in [0.25, 0.3) is 0 Å². The molecule has 0 fully saturated rings. The van der Waals surface area contributed by atoms with Gasteiger partial charge in [-0.25, -0.2) is 0 Å². The molecule has 1 aromatic rings. The normalized spacial score (nSPS) is 13.3. The lowest BCUT2D eigenvalue weighted by Crippen LogP contribution is -2.24. The molecule has 0 aliphatic heterocycles. The van der Waals surface area contributed by atoms with Crippen molar-refractivity contribution in [1.82, 2.24) is 0 Å². The molecule has 108 valence electrons. The van der Waals surface area contributed by atoms with E-state index >= 15 is 0 Å². The van der Waals surface area contributed by atoms with Gasteiger partial charge in [-0.05, 0) is 50.7 Å². The minimum absolute atomic E-state index is 0.131. The predicted octanol–water partition coefficient (Wildman–Crippen LogP) is 3.05. The molecule has 1 aromatic carbocycles. The zero-order valence-electron chi connectivity index (χ0n) is 12.5. The summed E-state index contributed by atoms with van der Waals surface area (Å²) in [4.78, 5) is 0. The molecular weight excluding hydrogens is 240 g/mol. The first kappa shape index (κ1) is 16.0. The number of aliphatic hydroxyl groups excluding tert-OH is 1. The van der Waals surface area contributed by atoms with Crippen molar-refractivity contribution in [3.63, 3.8) is 0 Å². The molecule has 1 unspecified atom stereocenters. The van der Waals surface area contributed by atoms with E-state index in [2.05, 4.69) is 19.9 Å². The Bertz CT molecular complexity index is 374. The highest BCUT2D eigenvalue weighted by Crippen LogP contribution is 2.25. The van der Waals surface area contributed by atoms with Gasteiger partial charge in [0, 0.05) is 13.7 Å². The maximum Gasteiger partial charge on any atom is 0.122 e. The van der Waals surface area contributed by atoms with Crippen molar-refractivity contribution < 1.29 is 14.6 Å². The molecule has 0 spiro atoms. The van der Waals surface area contributed by atoms with Crippen LogP contribution >= 0.6 is 0 Å². The van der Waals surface area contributed by atoms with E-state index in [0.717, 1.165) is 30.6 Å². The smallest absolute Gasteiger partial charge is 0.122 e. The Morgan fingerprint density at radius 1 is 1.21 bits per heavy atom. The summed E-state index contributed by atoms with van der Waals surface area (Å²) in [6.07, 6.45) is 2.71. The van der Waals surface area contributed by atoms with Gasteiger partial charge in [-0.3, -0.25) is 0 Å². The van der Waals surface area contributed by atoms with E-state index in [9.17, 15) is 5.11 Å². The van der Waals surface area contributed by atoms with Gasteiger partial charge in [0.2, 0.25) is 0 Å². The molecule has 0 aliphatic carbocycles. The number of hydrogen-bond donors (Lipinski definition) is 1. The molecule has 0 aliphatic rings. The monoisotopic (exact) mass is 266 g/mol. The number of hydrogen-bond acceptors (Lipinski definition) is 3. The van der Waals surface area contributed by atoms with Crippen molar-refractivity contribution in [2.24, 2.45) is 5.92 Å². The molecule has 1 rings (SSSR count). The highest BCUT2D eigenvalue weighted by molar-refractivity contribution is 5.33. The summed E-state index contributed by atoms with van der Waals surface area (Å²) in [5.74, 6) is 1.14. The largest absolute Gasteiger partial charge is 0.496 e. The molecule has 3 nitrogen and oxygen atoms in total. The van der Waals surface area contributed by atoms with Crippen molar-refractivity contribution in [2.75, 3.05) is 20.8 Å². The summed E-state index contributed by atoms with van der Waals surface area (Å²) in [7, 11) is 3.41. The topological polar surface area (TPSA) is 38.7 Å². The molecule has 19 heavy (non-hydrogen) atoms. The third-order valence-electron chi connectivity index (χ3n) is 3.67. The van der Waals surface area contributed by atoms with Crippen LogP contribution in [-0.4, -0.2) is 31.5 Å². The summed E-state index contributed by atoms with van der Waals surface area (Å²) in [6.45, 7) is 4.34. The van der Waals surface area contributed by atoms with Crippen LogP contribution in [0, 0.1) is 5.92 Å². The highest BCUT2D eigenvalue weighted by Gasteiger charge is 2.20. The number of para-hydroxylation sites is 1. The zero-order valence-corrected chi connectivity index (χ0v) is 12.5. The zero-order chi connectivity index (χ0) is 14.3. The fraction of sp³-hybridized carbons (Fsp3) is 0.625. The van der Waals surface area contributed by atoms with E-state index in [4.69, 9.17) is 9.47 Å². The van der Waals surface area contributed by atoms with Crippen LogP contribution in [-0.2, 0) is 11.2 Å². The first-order valence-corrected chi connectivity index (χ1v) is 6.80. The minimum atomic E-state index is -0.131. The molecule has 0 radical (unpaired) electrons. The standard InChI is InChI=1S/C16H26O3/c1-16(2,19-4)10-9-13(12-17)11-14-7-5-6-8-15(14)18-3/h5-8,13,17H,9-12H2,1-4H3.